The molecule has 0 fully saturated rings. The molecule has 11 aromatic carbocycles. The largest absolute Gasteiger partial charge is 0.455 e. The van der Waals surface area contributed by atoms with Gasteiger partial charge in [0.25, 0.3) is 0 Å². The van der Waals surface area contributed by atoms with E-state index in [4.69, 9.17) is 4.42 Å². The smallest absolute Gasteiger partial charge is 0.143 e. The SMILES string of the molecule is CC1(C)c2ccccc2-c2ccc(N(c3ccc(-c4ccccc4)cc3)c3cccc4oc5c6ccccc6c(-c6cccc7c6sc6c(-c8ccc(-c9ccccc9)cc8)cccc67)cc5c34)cc21. The zero-order chi connectivity index (χ0) is 46.5. The lowest BCUT2D eigenvalue weighted by atomic mass is 9.82. The van der Waals surface area contributed by atoms with Gasteiger partial charge in [0, 0.05) is 53.3 Å². The highest BCUT2D eigenvalue weighted by Crippen LogP contribution is 2.53. The van der Waals surface area contributed by atoms with Crippen LogP contribution in [0.15, 0.2) is 241 Å². The van der Waals surface area contributed by atoms with E-state index in [9.17, 15) is 0 Å². The molecule has 3 heteroatoms. The molecule has 2 aromatic heterocycles. The number of hydrogen-bond acceptors (Lipinski definition) is 3. The van der Waals surface area contributed by atoms with Crippen LogP contribution in [0.1, 0.15) is 25.0 Å². The number of anilines is 3. The van der Waals surface area contributed by atoms with Crippen molar-refractivity contribution in [3.05, 3.63) is 248 Å². The lowest BCUT2D eigenvalue weighted by molar-refractivity contribution is 0.660. The molecule has 70 heavy (non-hydrogen) atoms. The molecule has 0 saturated heterocycles. The minimum atomic E-state index is -0.158. The van der Waals surface area contributed by atoms with Gasteiger partial charge >= 0.3 is 0 Å². The van der Waals surface area contributed by atoms with Gasteiger partial charge in [0.2, 0.25) is 0 Å². The third-order valence-electron chi connectivity index (χ3n) is 14.9. The van der Waals surface area contributed by atoms with Crippen LogP contribution in [0.25, 0.3) is 109 Å². The van der Waals surface area contributed by atoms with Crippen molar-refractivity contribution in [3.8, 4) is 55.6 Å². The van der Waals surface area contributed by atoms with Crippen LogP contribution in [0.4, 0.5) is 17.1 Å². The highest BCUT2D eigenvalue weighted by Gasteiger charge is 2.36. The van der Waals surface area contributed by atoms with Gasteiger partial charge in [-0.05, 0) is 109 Å². The van der Waals surface area contributed by atoms with Crippen LogP contribution in [-0.2, 0) is 5.41 Å². The number of rotatable bonds is 7. The molecule has 2 nitrogen and oxygen atoms in total. The van der Waals surface area contributed by atoms with Crippen LogP contribution in [-0.4, -0.2) is 0 Å². The fraction of sp³-hybridized carbons (Fsp3) is 0.0448. The summed E-state index contributed by atoms with van der Waals surface area (Å²) >= 11 is 1.90. The summed E-state index contributed by atoms with van der Waals surface area (Å²) < 4.78 is 9.64. The maximum Gasteiger partial charge on any atom is 0.143 e. The van der Waals surface area contributed by atoms with E-state index < -0.39 is 0 Å². The van der Waals surface area contributed by atoms with Gasteiger partial charge in [-0.1, -0.05) is 208 Å². The number of nitrogens with zero attached hydrogens (tertiary/aromatic N) is 1. The molecule has 0 atom stereocenters. The first-order valence-electron chi connectivity index (χ1n) is 24.2. The second-order valence-corrected chi connectivity index (χ2v) is 20.2. The van der Waals surface area contributed by atoms with Crippen molar-refractivity contribution in [1.29, 1.82) is 0 Å². The van der Waals surface area contributed by atoms with Gasteiger partial charge in [0.15, 0.2) is 0 Å². The van der Waals surface area contributed by atoms with Crippen molar-refractivity contribution in [1.82, 2.24) is 0 Å². The molecule has 330 valence electrons. The van der Waals surface area contributed by atoms with Gasteiger partial charge in [0.05, 0.1) is 11.1 Å². The van der Waals surface area contributed by atoms with Gasteiger partial charge in [-0.15, -0.1) is 11.3 Å². The molecule has 13 aromatic rings. The molecule has 0 unspecified atom stereocenters. The van der Waals surface area contributed by atoms with Crippen molar-refractivity contribution in [2.24, 2.45) is 0 Å². The molecule has 0 spiro atoms. The average Bonchev–Trinajstić information content (AvgIpc) is 4.07. The molecule has 0 amide bonds. The topological polar surface area (TPSA) is 16.4 Å². The van der Waals surface area contributed by atoms with Crippen molar-refractivity contribution < 1.29 is 4.42 Å². The molecule has 14 rings (SSSR count). The molecule has 0 radical (unpaired) electrons. The molecule has 1 aliphatic rings. The van der Waals surface area contributed by atoms with E-state index >= 15 is 0 Å². The molecule has 0 N–H and O–H groups in total. The quantitative estimate of drug-likeness (QED) is 0.158. The van der Waals surface area contributed by atoms with Gasteiger partial charge < -0.3 is 9.32 Å². The number of fused-ring (bicyclic) bond motifs is 11. The standard InChI is InChI=1S/C67H45NOS/c1-67(2)59-27-12-11-21-51(59)52-39-38-48(40-60(52)67)68(47-36-34-45(35-37-47)43-18-7-4-8-19-43)61-28-15-29-62-63(61)58-41-57(50-20-9-10-22-53(50)64(58)69-62)56-26-14-25-55-54-24-13-23-49(65(54)70-66(55)56)46-32-30-44(31-33-46)42-16-5-3-6-17-42/h3-41H,1-2H3. The minimum absolute atomic E-state index is 0.158. The fourth-order valence-electron chi connectivity index (χ4n) is 11.5. The Balaban J connectivity index is 0.974. The monoisotopic (exact) mass is 911 g/mol. The first-order chi connectivity index (χ1) is 34.5. The van der Waals surface area contributed by atoms with Crippen molar-refractivity contribution in [3.63, 3.8) is 0 Å². The van der Waals surface area contributed by atoms with Gasteiger partial charge in [-0.2, -0.15) is 0 Å². The zero-order valence-electron chi connectivity index (χ0n) is 38.8. The van der Waals surface area contributed by atoms with E-state index in [1.54, 1.807) is 0 Å². The summed E-state index contributed by atoms with van der Waals surface area (Å²) in [6.45, 7) is 4.72. The minimum Gasteiger partial charge on any atom is -0.455 e. The summed E-state index contributed by atoms with van der Waals surface area (Å²) in [5.74, 6) is 0. The van der Waals surface area contributed by atoms with Crippen molar-refractivity contribution in [2.75, 3.05) is 4.90 Å². The highest BCUT2D eigenvalue weighted by molar-refractivity contribution is 7.26. The van der Waals surface area contributed by atoms with Crippen LogP contribution in [0, 0.1) is 0 Å². The Morgan fingerprint density at radius 3 is 1.61 bits per heavy atom. The first kappa shape index (κ1) is 40.6. The molecular formula is C67H45NOS. The van der Waals surface area contributed by atoms with Gasteiger partial charge in [-0.25, -0.2) is 0 Å². The van der Waals surface area contributed by atoms with Crippen LogP contribution in [0.5, 0.6) is 0 Å². The van der Waals surface area contributed by atoms with Crippen LogP contribution in [0.3, 0.4) is 0 Å². The third-order valence-corrected chi connectivity index (χ3v) is 16.2. The maximum atomic E-state index is 7.06. The van der Waals surface area contributed by atoms with Crippen LogP contribution in [0.2, 0.25) is 0 Å². The number of hydrogen-bond donors (Lipinski definition) is 0. The molecule has 1 aliphatic carbocycles. The number of furan rings is 1. The van der Waals surface area contributed by atoms with E-state index in [0.29, 0.717) is 0 Å². The number of benzene rings is 11. The molecule has 0 bridgehead atoms. The van der Waals surface area contributed by atoms with Crippen LogP contribution < -0.4 is 4.90 Å². The summed E-state index contributed by atoms with van der Waals surface area (Å²) in [5, 5.41) is 7.01. The Labute approximate surface area is 411 Å². The summed E-state index contributed by atoms with van der Waals surface area (Å²) in [7, 11) is 0. The summed E-state index contributed by atoms with van der Waals surface area (Å²) in [6, 6.07) is 86.6. The lowest BCUT2D eigenvalue weighted by Gasteiger charge is -2.29. The predicted octanol–water partition coefficient (Wildman–Crippen LogP) is 19.6. The maximum absolute atomic E-state index is 7.06. The van der Waals surface area contributed by atoms with E-state index in [1.165, 1.54) is 92.3 Å². The zero-order valence-corrected chi connectivity index (χ0v) is 39.6. The Hall–Kier alpha value is -8.50. The van der Waals surface area contributed by atoms with Crippen molar-refractivity contribution >= 4 is 81.3 Å². The second-order valence-electron chi connectivity index (χ2n) is 19.2. The van der Waals surface area contributed by atoms with E-state index in [-0.39, 0.29) is 5.41 Å². The Morgan fingerprint density at radius 1 is 0.357 bits per heavy atom. The highest BCUT2D eigenvalue weighted by atomic mass is 32.1. The Bertz CT molecular complexity index is 4180. The molecular weight excluding hydrogens is 867 g/mol. The Kier molecular flexibility index (Phi) is 9.14. The first-order valence-corrected chi connectivity index (χ1v) is 25.0. The van der Waals surface area contributed by atoms with Crippen molar-refractivity contribution in [2.45, 2.75) is 19.3 Å². The van der Waals surface area contributed by atoms with E-state index in [1.807, 2.05) is 11.3 Å². The summed E-state index contributed by atoms with van der Waals surface area (Å²) in [4.78, 5) is 2.45. The fourth-order valence-corrected chi connectivity index (χ4v) is 12.8. The normalized spacial score (nSPS) is 12.8. The summed E-state index contributed by atoms with van der Waals surface area (Å²) in [5.41, 5.74) is 19.9. The van der Waals surface area contributed by atoms with Gasteiger partial charge in [-0.3, -0.25) is 0 Å². The third kappa shape index (κ3) is 6.25. The lowest BCUT2D eigenvalue weighted by Crippen LogP contribution is -2.16. The summed E-state index contributed by atoms with van der Waals surface area (Å²) in [6.07, 6.45) is 0. The average molecular weight is 912 g/mol. The van der Waals surface area contributed by atoms with E-state index in [0.717, 1.165) is 44.4 Å². The molecule has 0 aliphatic heterocycles. The predicted molar refractivity (Wildman–Crippen MR) is 298 cm³/mol. The van der Waals surface area contributed by atoms with Gasteiger partial charge in [0.1, 0.15) is 11.2 Å². The Morgan fingerprint density at radius 2 is 0.886 bits per heavy atom. The second kappa shape index (κ2) is 15.8. The number of thiophene rings is 1. The molecule has 2 heterocycles. The van der Waals surface area contributed by atoms with Crippen LogP contribution >= 0.6 is 11.3 Å². The molecule has 0 saturated carbocycles. The van der Waals surface area contributed by atoms with E-state index in [2.05, 4.69) is 255 Å².